The van der Waals surface area contributed by atoms with Gasteiger partial charge in [0.1, 0.15) is 11.5 Å². The molecule has 1 amide bonds. The number of amides is 1. The third-order valence-corrected chi connectivity index (χ3v) is 3.30. The Kier molecular flexibility index (Phi) is 5.20. The number of aryl methyl sites for hydroxylation is 1. The summed E-state index contributed by atoms with van der Waals surface area (Å²) in [6, 6.07) is 12.1. The zero-order valence-electron chi connectivity index (χ0n) is 12.4. The summed E-state index contributed by atoms with van der Waals surface area (Å²) in [5, 5.41) is 21.4. The quantitative estimate of drug-likeness (QED) is 0.743. The highest BCUT2D eigenvalue weighted by Gasteiger charge is 1.99. The number of carbonyl (C=O) groups excluding carboxylic acids is 1. The standard InChI is InChI=1S/C18H19NO3/c1-13-12-15(4-8-17(13)21)5-9-18(22)19-11-10-14-2-6-16(20)7-3-14/h2-9,12,20-21H,10-11H2,1H3,(H,19,22)/b9-5+. The molecule has 0 bridgehead atoms. The van der Waals surface area contributed by atoms with Gasteiger partial charge in [0.25, 0.3) is 0 Å². The van der Waals surface area contributed by atoms with Crippen molar-refractivity contribution in [3.63, 3.8) is 0 Å². The Bertz CT molecular complexity index is 675. The molecule has 0 saturated carbocycles. The third-order valence-electron chi connectivity index (χ3n) is 3.30. The van der Waals surface area contributed by atoms with Crippen molar-refractivity contribution in [3.8, 4) is 11.5 Å². The van der Waals surface area contributed by atoms with Crippen LogP contribution in [0.4, 0.5) is 0 Å². The molecule has 0 aromatic heterocycles. The molecular formula is C18H19NO3. The highest BCUT2D eigenvalue weighted by molar-refractivity contribution is 5.91. The second-order valence-electron chi connectivity index (χ2n) is 5.09. The number of phenols is 2. The number of hydrogen-bond donors (Lipinski definition) is 3. The topological polar surface area (TPSA) is 69.6 Å². The van der Waals surface area contributed by atoms with Crippen molar-refractivity contribution >= 4 is 12.0 Å². The number of phenolic OH excluding ortho intramolecular Hbond substituents is 2. The van der Waals surface area contributed by atoms with E-state index in [9.17, 15) is 15.0 Å². The summed E-state index contributed by atoms with van der Waals surface area (Å²) < 4.78 is 0. The van der Waals surface area contributed by atoms with Crippen LogP contribution in [0.15, 0.2) is 48.5 Å². The van der Waals surface area contributed by atoms with E-state index in [1.54, 1.807) is 30.3 Å². The second kappa shape index (κ2) is 7.31. The lowest BCUT2D eigenvalue weighted by Gasteiger charge is -2.03. The van der Waals surface area contributed by atoms with Crippen LogP contribution in [0.5, 0.6) is 11.5 Å². The van der Waals surface area contributed by atoms with Crippen LogP contribution >= 0.6 is 0 Å². The zero-order valence-corrected chi connectivity index (χ0v) is 12.4. The molecule has 0 spiro atoms. The van der Waals surface area contributed by atoms with Crippen LogP contribution < -0.4 is 5.32 Å². The second-order valence-corrected chi connectivity index (χ2v) is 5.09. The summed E-state index contributed by atoms with van der Waals surface area (Å²) in [7, 11) is 0. The molecule has 2 aromatic rings. The van der Waals surface area contributed by atoms with E-state index in [0.29, 0.717) is 13.0 Å². The average Bonchev–Trinajstić information content (AvgIpc) is 2.50. The summed E-state index contributed by atoms with van der Waals surface area (Å²) >= 11 is 0. The summed E-state index contributed by atoms with van der Waals surface area (Å²) in [5.74, 6) is 0.319. The number of hydrogen-bond acceptors (Lipinski definition) is 3. The fraction of sp³-hybridized carbons (Fsp3) is 0.167. The molecule has 0 radical (unpaired) electrons. The number of carbonyl (C=O) groups is 1. The molecule has 4 heteroatoms. The van der Waals surface area contributed by atoms with Gasteiger partial charge in [-0.3, -0.25) is 4.79 Å². The predicted octanol–water partition coefficient (Wildman–Crippen LogP) is 2.78. The third kappa shape index (κ3) is 4.66. The molecule has 0 heterocycles. The van der Waals surface area contributed by atoms with Crippen LogP contribution in [0.3, 0.4) is 0 Å². The summed E-state index contributed by atoms with van der Waals surface area (Å²) in [5.41, 5.74) is 2.69. The Labute approximate surface area is 129 Å². The van der Waals surface area contributed by atoms with Gasteiger partial charge in [-0.25, -0.2) is 0 Å². The van der Waals surface area contributed by atoms with Gasteiger partial charge in [0.15, 0.2) is 0 Å². The van der Waals surface area contributed by atoms with Crippen molar-refractivity contribution in [2.24, 2.45) is 0 Å². The number of rotatable bonds is 5. The highest BCUT2D eigenvalue weighted by Crippen LogP contribution is 2.17. The van der Waals surface area contributed by atoms with Crippen LogP contribution in [0.2, 0.25) is 0 Å². The van der Waals surface area contributed by atoms with Crippen LogP contribution in [-0.2, 0) is 11.2 Å². The van der Waals surface area contributed by atoms with Gasteiger partial charge >= 0.3 is 0 Å². The molecule has 2 rings (SSSR count). The molecule has 114 valence electrons. The normalized spacial score (nSPS) is 10.8. The molecule has 4 nitrogen and oxygen atoms in total. The fourth-order valence-corrected chi connectivity index (χ4v) is 2.01. The Morgan fingerprint density at radius 1 is 1.14 bits per heavy atom. The zero-order chi connectivity index (χ0) is 15.9. The van der Waals surface area contributed by atoms with Gasteiger partial charge in [-0.1, -0.05) is 18.2 Å². The minimum atomic E-state index is -0.162. The smallest absolute Gasteiger partial charge is 0.244 e. The van der Waals surface area contributed by atoms with E-state index in [2.05, 4.69) is 5.32 Å². The first kappa shape index (κ1) is 15.6. The van der Waals surface area contributed by atoms with Gasteiger partial charge in [0.2, 0.25) is 5.91 Å². The van der Waals surface area contributed by atoms with E-state index >= 15 is 0 Å². The van der Waals surface area contributed by atoms with Crippen molar-refractivity contribution in [1.29, 1.82) is 0 Å². The summed E-state index contributed by atoms with van der Waals surface area (Å²) in [4.78, 5) is 11.7. The minimum absolute atomic E-state index is 0.162. The first-order valence-corrected chi connectivity index (χ1v) is 7.08. The van der Waals surface area contributed by atoms with Gasteiger partial charge in [-0.05, 0) is 60.4 Å². The molecule has 0 fully saturated rings. The van der Waals surface area contributed by atoms with Gasteiger partial charge in [-0.2, -0.15) is 0 Å². The van der Waals surface area contributed by atoms with Gasteiger partial charge in [-0.15, -0.1) is 0 Å². The van der Waals surface area contributed by atoms with Crippen LogP contribution in [0.25, 0.3) is 6.08 Å². The largest absolute Gasteiger partial charge is 0.508 e. The lowest BCUT2D eigenvalue weighted by Crippen LogP contribution is -2.23. The van der Waals surface area contributed by atoms with E-state index in [1.807, 2.05) is 25.1 Å². The average molecular weight is 297 g/mol. The Morgan fingerprint density at radius 2 is 1.86 bits per heavy atom. The molecule has 2 aromatic carbocycles. The van der Waals surface area contributed by atoms with Crippen LogP contribution in [-0.4, -0.2) is 22.7 Å². The van der Waals surface area contributed by atoms with Gasteiger partial charge in [0.05, 0.1) is 0 Å². The van der Waals surface area contributed by atoms with E-state index in [-0.39, 0.29) is 17.4 Å². The number of aromatic hydroxyl groups is 2. The summed E-state index contributed by atoms with van der Waals surface area (Å²) in [6.45, 7) is 2.34. The van der Waals surface area contributed by atoms with Crippen molar-refractivity contribution in [3.05, 3.63) is 65.2 Å². The number of nitrogens with one attached hydrogen (secondary N) is 1. The molecule has 0 aliphatic rings. The van der Waals surface area contributed by atoms with E-state index < -0.39 is 0 Å². The molecule has 0 saturated heterocycles. The molecule has 3 N–H and O–H groups in total. The van der Waals surface area contributed by atoms with E-state index in [0.717, 1.165) is 16.7 Å². The molecular weight excluding hydrogens is 278 g/mol. The Hall–Kier alpha value is -2.75. The van der Waals surface area contributed by atoms with Gasteiger partial charge < -0.3 is 15.5 Å². The molecule has 0 aliphatic heterocycles. The van der Waals surface area contributed by atoms with E-state index in [4.69, 9.17) is 0 Å². The maximum Gasteiger partial charge on any atom is 0.244 e. The Morgan fingerprint density at radius 3 is 2.55 bits per heavy atom. The van der Waals surface area contributed by atoms with E-state index in [1.165, 1.54) is 6.08 Å². The maximum atomic E-state index is 11.7. The first-order valence-electron chi connectivity index (χ1n) is 7.08. The van der Waals surface area contributed by atoms with Gasteiger partial charge in [0, 0.05) is 12.6 Å². The summed E-state index contributed by atoms with van der Waals surface area (Å²) in [6.07, 6.45) is 3.89. The minimum Gasteiger partial charge on any atom is -0.508 e. The molecule has 22 heavy (non-hydrogen) atoms. The van der Waals surface area contributed by atoms with Crippen molar-refractivity contribution in [2.45, 2.75) is 13.3 Å². The molecule has 0 aliphatic carbocycles. The fourth-order valence-electron chi connectivity index (χ4n) is 2.01. The maximum absolute atomic E-state index is 11.7. The number of benzene rings is 2. The molecule has 0 unspecified atom stereocenters. The molecule has 0 atom stereocenters. The van der Waals surface area contributed by atoms with Crippen LogP contribution in [0, 0.1) is 6.92 Å². The predicted molar refractivity (Wildman–Crippen MR) is 86.7 cm³/mol. The first-order chi connectivity index (χ1) is 10.5. The van der Waals surface area contributed by atoms with Crippen molar-refractivity contribution < 1.29 is 15.0 Å². The van der Waals surface area contributed by atoms with Crippen molar-refractivity contribution in [2.75, 3.05) is 6.54 Å². The highest BCUT2D eigenvalue weighted by atomic mass is 16.3. The monoisotopic (exact) mass is 297 g/mol. The lowest BCUT2D eigenvalue weighted by atomic mass is 10.1. The van der Waals surface area contributed by atoms with Crippen molar-refractivity contribution in [1.82, 2.24) is 5.32 Å². The SMILES string of the molecule is Cc1cc(/C=C/C(=O)NCCc2ccc(O)cc2)ccc1O. The Balaban J connectivity index is 1.81. The van der Waals surface area contributed by atoms with Crippen LogP contribution in [0.1, 0.15) is 16.7 Å². The lowest BCUT2D eigenvalue weighted by molar-refractivity contribution is -0.116.